The lowest BCUT2D eigenvalue weighted by molar-refractivity contribution is 0.164. The van der Waals surface area contributed by atoms with Crippen molar-refractivity contribution in [2.45, 2.75) is 26.7 Å². The molecule has 17 heavy (non-hydrogen) atoms. The molecule has 0 bridgehead atoms. The molecular formula is C13H25N3O. The number of nitrogens with two attached hydrogens (primary N) is 1. The van der Waals surface area contributed by atoms with E-state index in [1.165, 1.54) is 12.8 Å². The van der Waals surface area contributed by atoms with Crippen LogP contribution in [-0.2, 0) is 4.74 Å². The van der Waals surface area contributed by atoms with Gasteiger partial charge < -0.3 is 15.4 Å². The van der Waals surface area contributed by atoms with Crippen LogP contribution in [0.15, 0.2) is 17.1 Å². The molecule has 1 heterocycles. The molecule has 2 N–H and O–H groups in total. The van der Waals surface area contributed by atoms with Gasteiger partial charge in [-0.25, -0.2) is 0 Å². The van der Waals surface area contributed by atoms with Crippen LogP contribution in [0.5, 0.6) is 0 Å². The van der Waals surface area contributed by atoms with Crippen LogP contribution in [-0.4, -0.2) is 43.7 Å². The van der Waals surface area contributed by atoms with Gasteiger partial charge in [-0.1, -0.05) is 19.1 Å². The highest BCUT2D eigenvalue weighted by Crippen LogP contribution is 2.14. The van der Waals surface area contributed by atoms with E-state index in [9.17, 15) is 0 Å². The van der Waals surface area contributed by atoms with E-state index in [-0.39, 0.29) is 0 Å². The van der Waals surface area contributed by atoms with E-state index in [0.717, 1.165) is 24.6 Å². The van der Waals surface area contributed by atoms with Crippen LogP contribution >= 0.6 is 0 Å². The summed E-state index contributed by atoms with van der Waals surface area (Å²) in [6, 6.07) is 0. The van der Waals surface area contributed by atoms with Crippen molar-refractivity contribution < 1.29 is 4.74 Å². The predicted molar refractivity (Wildman–Crippen MR) is 72.1 cm³/mol. The lowest BCUT2D eigenvalue weighted by Gasteiger charge is -2.31. The number of aliphatic imine (C=N–C) groups is 1. The zero-order chi connectivity index (χ0) is 12.7. The van der Waals surface area contributed by atoms with Gasteiger partial charge in [-0.3, -0.25) is 4.99 Å². The van der Waals surface area contributed by atoms with Crippen molar-refractivity contribution in [3.05, 3.63) is 12.2 Å². The van der Waals surface area contributed by atoms with Crippen molar-refractivity contribution >= 4 is 5.96 Å². The molecule has 0 aliphatic carbocycles. The number of rotatable bonds is 5. The average Bonchev–Trinajstić information content (AvgIpc) is 2.28. The van der Waals surface area contributed by atoms with E-state index < -0.39 is 0 Å². The Bertz CT molecular complexity index is 276. The standard InChI is InChI=1S/C13H25N3O/c1-11(2)10-17-8-6-15-13(14)16-7-4-5-12(3)9-16/h12H,1,4-10H2,2-3H3,(H2,14,15). The maximum Gasteiger partial charge on any atom is 0.191 e. The van der Waals surface area contributed by atoms with Crippen LogP contribution < -0.4 is 5.73 Å². The van der Waals surface area contributed by atoms with Crippen LogP contribution in [0.3, 0.4) is 0 Å². The molecule has 1 atom stereocenters. The second-order valence-electron chi connectivity index (χ2n) is 4.94. The molecule has 0 aromatic heterocycles. The van der Waals surface area contributed by atoms with E-state index in [4.69, 9.17) is 10.5 Å². The Kier molecular flexibility index (Phi) is 6.05. The summed E-state index contributed by atoms with van der Waals surface area (Å²) in [6.07, 6.45) is 2.51. The second kappa shape index (κ2) is 7.33. The Morgan fingerprint density at radius 3 is 3.00 bits per heavy atom. The van der Waals surface area contributed by atoms with Crippen molar-refractivity contribution in [1.82, 2.24) is 4.90 Å². The highest BCUT2D eigenvalue weighted by Gasteiger charge is 2.17. The Morgan fingerprint density at radius 2 is 2.35 bits per heavy atom. The van der Waals surface area contributed by atoms with Crippen molar-refractivity contribution in [1.29, 1.82) is 0 Å². The molecule has 1 rings (SSSR count). The summed E-state index contributed by atoms with van der Waals surface area (Å²) in [4.78, 5) is 6.52. The Balaban J connectivity index is 2.21. The van der Waals surface area contributed by atoms with Gasteiger partial charge in [0.1, 0.15) is 0 Å². The molecule has 0 radical (unpaired) electrons. The van der Waals surface area contributed by atoms with Gasteiger partial charge in [-0.2, -0.15) is 0 Å². The number of hydrogen-bond acceptors (Lipinski definition) is 2. The minimum Gasteiger partial charge on any atom is -0.375 e. The van der Waals surface area contributed by atoms with Gasteiger partial charge in [0.05, 0.1) is 19.8 Å². The van der Waals surface area contributed by atoms with Gasteiger partial charge in [0.15, 0.2) is 5.96 Å². The van der Waals surface area contributed by atoms with Crippen LogP contribution in [0, 0.1) is 5.92 Å². The summed E-state index contributed by atoms with van der Waals surface area (Å²) in [5.74, 6) is 1.38. The van der Waals surface area contributed by atoms with Gasteiger partial charge in [-0.05, 0) is 25.7 Å². The molecule has 1 saturated heterocycles. The first kappa shape index (κ1) is 14.0. The third-order valence-electron chi connectivity index (χ3n) is 2.84. The van der Waals surface area contributed by atoms with E-state index in [1.807, 2.05) is 6.92 Å². The SMILES string of the molecule is C=C(C)COCCN=C(N)N1CCCC(C)C1. The molecule has 4 heteroatoms. The number of likely N-dealkylation sites (tertiary alicyclic amines) is 1. The molecule has 1 unspecified atom stereocenters. The van der Waals surface area contributed by atoms with E-state index in [2.05, 4.69) is 23.4 Å². The van der Waals surface area contributed by atoms with Crippen LogP contribution in [0.4, 0.5) is 0 Å². The third-order valence-corrected chi connectivity index (χ3v) is 2.84. The smallest absolute Gasteiger partial charge is 0.191 e. The summed E-state index contributed by atoms with van der Waals surface area (Å²) in [5.41, 5.74) is 6.99. The molecule has 0 amide bonds. The molecule has 4 nitrogen and oxygen atoms in total. The van der Waals surface area contributed by atoms with E-state index in [1.54, 1.807) is 0 Å². The third kappa shape index (κ3) is 5.73. The largest absolute Gasteiger partial charge is 0.375 e. The lowest BCUT2D eigenvalue weighted by atomic mass is 10.0. The van der Waals surface area contributed by atoms with Crippen LogP contribution in [0.1, 0.15) is 26.7 Å². The molecule has 1 aliphatic heterocycles. The summed E-state index contributed by atoms with van der Waals surface area (Å²) < 4.78 is 5.37. The van der Waals surface area contributed by atoms with Crippen molar-refractivity contribution in [2.24, 2.45) is 16.6 Å². The summed E-state index contributed by atoms with van der Waals surface area (Å²) in [5, 5.41) is 0. The highest BCUT2D eigenvalue weighted by atomic mass is 16.5. The number of nitrogens with zero attached hydrogens (tertiary/aromatic N) is 2. The maximum atomic E-state index is 5.96. The molecule has 1 fully saturated rings. The molecule has 0 spiro atoms. The van der Waals surface area contributed by atoms with Crippen molar-refractivity contribution in [2.75, 3.05) is 32.8 Å². The van der Waals surface area contributed by atoms with Gasteiger partial charge in [0.25, 0.3) is 0 Å². The second-order valence-corrected chi connectivity index (χ2v) is 4.94. The van der Waals surface area contributed by atoms with Crippen molar-refractivity contribution in [3.63, 3.8) is 0 Å². The van der Waals surface area contributed by atoms with E-state index >= 15 is 0 Å². The quantitative estimate of drug-likeness (QED) is 0.343. The number of guanidine groups is 1. The predicted octanol–water partition coefficient (Wildman–Crippen LogP) is 1.63. The molecule has 1 aliphatic rings. The van der Waals surface area contributed by atoms with Crippen LogP contribution in [0.2, 0.25) is 0 Å². The van der Waals surface area contributed by atoms with Gasteiger partial charge in [-0.15, -0.1) is 0 Å². The summed E-state index contributed by atoms with van der Waals surface area (Å²) >= 11 is 0. The van der Waals surface area contributed by atoms with Crippen molar-refractivity contribution in [3.8, 4) is 0 Å². The zero-order valence-electron chi connectivity index (χ0n) is 11.1. The Morgan fingerprint density at radius 1 is 1.59 bits per heavy atom. The number of hydrogen-bond donors (Lipinski definition) is 1. The fourth-order valence-corrected chi connectivity index (χ4v) is 1.97. The monoisotopic (exact) mass is 239 g/mol. The van der Waals surface area contributed by atoms with E-state index in [0.29, 0.717) is 25.7 Å². The Hall–Kier alpha value is -1.03. The molecule has 0 aromatic carbocycles. The highest BCUT2D eigenvalue weighted by molar-refractivity contribution is 5.78. The molecule has 98 valence electrons. The first-order chi connectivity index (χ1) is 8.09. The van der Waals surface area contributed by atoms with Gasteiger partial charge in [0.2, 0.25) is 0 Å². The number of piperidine rings is 1. The lowest BCUT2D eigenvalue weighted by Crippen LogP contribution is -2.43. The minimum absolute atomic E-state index is 0.607. The minimum atomic E-state index is 0.607. The zero-order valence-corrected chi connectivity index (χ0v) is 11.1. The maximum absolute atomic E-state index is 5.96. The molecular weight excluding hydrogens is 214 g/mol. The normalized spacial score (nSPS) is 21.6. The molecule has 0 aromatic rings. The van der Waals surface area contributed by atoms with Gasteiger partial charge in [0, 0.05) is 13.1 Å². The fraction of sp³-hybridized carbons (Fsp3) is 0.769. The number of ether oxygens (including phenoxy) is 1. The molecule has 0 saturated carbocycles. The first-order valence-electron chi connectivity index (χ1n) is 6.36. The van der Waals surface area contributed by atoms with Gasteiger partial charge >= 0.3 is 0 Å². The average molecular weight is 239 g/mol. The topological polar surface area (TPSA) is 50.9 Å². The van der Waals surface area contributed by atoms with Crippen LogP contribution in [0.25, 0.3) is 0 Å². The Labute approximate surface area is 105 Å². The summed E-state index contributed by atoms with van der Waals surface area (Å²) in [6.45, 7) is 11.9. The first-order valence-corrected chi connectivity index (χ1v) is 6.36. The fourth-order valence-electron chi connectivity index (χ4n) is 1.97. The summed E-state index contributed by atoms with van der Waals surface area (Å²) in [7, 11) is 0.